The van der Waals surface area contributed by atoms with Crippen molar-refractivity contribution in [2.75, 3.05) is 6.61 Å². The summed E-state index contributed by atoms with van der Waals surface area (Å²) in [7, 11) is 0. The summed E-state index contributed by atoms with van der Waals surface area (Å²) in [5, 5.41) is 6.58. The van der Waals surface area contributed by atoms with Gasteiger partial charge in [-0.1, -0.05) is 11.2 Å². The summed E-state index contributed by atoms with van der Waals surface area (Å²) in [6.45, 7) is 0.375. The summed E-state index contributed by atoms with van der Waals surface area (Å²) >= 11 is 0. The Labute approximate surface area is 137 Å². The second-order valence-electron chi connectivity index (χ2n) is 4.88. The van der Waals surface area contributed by atoms with Crippen LogP contribution in [0.3, 0.4) is 0 Å². The highest BCUT2D eigenvalue weighted by atomic mass is 16.5. The molecule has 0 unspecified atom stereocenters. The summed E-state index contributed by atoms with van der Waals surface area (Å²) in [6, 6.07) is 7.31. The number of carbonyl (C=O) groups excluding carboxylic acids is 1. The van der Waals surface area contributed by atoms with Gasteiger partial charge in [0.2, 0.25) is 11.7 Å². The molecule has 3 heterocycles. The van der Waals surface area contributed by atoms with Crippen molar-refractivity contribution in [3.05, 3.63) is 60.5 Å². The Balaban J connectivity index is 1.42. The number of ether oxygens (including phenoxy) is 1. The maximum atomic E-state index is 11.7. The van der Waals surface area contributed by atoms with E-state index in [2.05, 4.69) is 25.4 Å². The molecule has 8 heteroatoms. The third-order valence-electron chi connectivity index (χ3n) is 3.06. The van der Waals surface area contributed by atoms with Crippen LogP contribution in [0, 0.1) is 0 Å². The standard InChI is InChI=1S/C16H15N5O3/c22-14(19-8-12-3-1-5-17-7-12)10-23-11-15-20-16(21-24-15)13-4-2-6-18-9-13/h1-7,9H,8,10-11H2,(H,19,22). The molecular weight excluding hydrogens is 310 g/mol. The van der Waals surface area contributed by atoms with Gasteiger partial charge in [-0.3, -0.25) is 14.8 Å². The summed E-state index contributed by atoms with van der Waals surface area (Å²) in [4.78, 5) is 23.9. The van der Waals surface area contributed by atoms with Gasteiger partial charge in [-0.2, -0.15) is 4.98 Å². The third-order valence-corrected chi connectivity index (χ3v) is 3.06. The average molecular weight is 325 g/mol. The van der Waals surface area contributed by atoms with Gasteiger partial charge in [0.1, 0.15) is 13.2 Å². The molecule has 3 rings (SSSR count). The van der Waals surface area contributed by atoms with Gasteiger partial charge >= 0.3 is 0 Å². The number of pyridine rings is 2. The van der Waals surface area contributed by atoms with Gasteiger partial charge in [0.05, 0.1) is 0 Å². The molecule has 0 aliphatic carbocycles. The highest BCUT2D eigenvalue weighted by Crippen LogP contribution is 2.13. The lowest BCUT2D eigenvalue weighted by atomic mass is 10.3. The number of amides is 1. The van der Waals surface area contributed by atoms with Crippen molar-refractivity contribution in [2.24, 2.45) is 0 Å². The fraction of sp³-hybridized carbons (Fsp3) is 0.188. The molecule has 0 aromatic carbocycles. The molecule has 122 valence electrons. The average Bonchev–Trinajstić information content (AvgIpc) is 3.11. The fourth-order valence-corrected chi connectivity index (χ4v) is 1.91. The first-order chi connectivity index (χ1) is 11.8. The lowest BCUT2D eigenvalue weighted by Crippen LogP contribution is -2.27. The normalized spacial score (nSPS) is 10.5. The van der Waals surface area contributed by atoms with Gasteiger partial charge in [-0.25, -0.2) is 0 Å². The van der Waals surface area contributed by atoms with E-state index < -0.39 is 0 Å². The highest BCUT2D eigenvalue weighted by Gasteiger charge is 2.09. The Hall–Kier alpha value is -3.13. The molecule has 3 aromatic heterocycles. The van der Waals surface area contributed by atoms with Crippen molar-refractivity contribution in [1.29, 1.82) is 0 Å². The number of hydrogen-bond donors (Lipinski definition) is 1. The second kappa shape index (κ2) is 7.93. The van der Waals surface area contributed by atoms with Crippen molar-refractivity contribution in [3.63, 3.8) is 0 Å². The van der Waals surface area contributed by atoms with Crippen LogP contribution in [0.25, 0.3) is 11.4 Å². The zero-order chi connectivity index (χ0) is 16.6. The molecular formula is C16H15N5O3. The van der Waals surface area contributed by atoms with E-state index in [0.717, 1.165) is 11.1 Å². The molecule has 0 saturated heterocycles. The molecule has 0 radical (unpaired) electrons. The van der Waals surface area contributed by atoms with Crippen LogP contribution in [-0.4, -0.2) is 32.6 Å². The van der Waals surface area contributed by atoms with Crippen molar-refractivity contribution in [3.8, 4) is 11.4 Å². The van der Waals surface area contributed by atoms with Crippen LogP contribution in [0.15, 0.2) is 53.6 Å². The molecule has 24 heavy (non-hydrogen) atoms. The van der Waals surface area contributed by atoms with Crippen LogP contribution in [0.5, 0.6) is 0 Å². The summed E-state index contributed by atoms with van der Waals surface area (Å²) in [5.41, 5.74) is 1.67. The number of nitrogens with zero attached hydrogens (tertiary/aromatic N) is 4. The van der Waals surface area contributed by atoms with Crippen molar-refractivity contribution < 1.29 is 14.1 Å². The molecule has 1 N–H and O–H groups in total. The van der Waals surface area contributed by atoms with E-state index in [-0.39, 0.29) is 19.1 Å². The molecule has 0 aliphatic heterocycles. The van der Waals surface area contributed by atoms with Crippen LogP contribution >= 0.6 is 0 Å². The van der Waals surface area contributed by atoms with Gasteiger partial charge in [-0.15, -0.1) is 0 Å². The van der Waals surface area contributed by atoms with E-state index >= 15 is 0 Å². The van der Waals surface area contributed by atoms with Gasteiger partial charge in [0.25, 0.3) is 5.89 Å². The number of carbonyl (C=O) groups is 1. The highest BCUT2D eigenvalue weighted by molar-refractivity contribution is 5.77. The van der Waals surface area contributed by atoms with Crippen LogP contribution in [0.4, 0.5) is 0 Å². The number of nitrogens with one attached hydrogen (secondary N) is 1. The molecule has 8 nitrogen and oxygen atoms in total. The Bertz CT molecular complexity index is 777. The van der Waals surface area contributed by atoms with Crippen LogP contribution < -0.4 is 5.32 Å². The van der Waals surface area contributed by atoms with Crippen molar-refractivity contribution in [1.82, 2.24) is 25.4 Å². The van der Waals surface area contributed by atoms with Gasteiger partial charge < -0.3 is 14.6 Å². The monoisotopic (exact) mass is 325 g/mol. The lowest BCUT2D eigenvalue weighted by molar-refractivity contribution is -0.126. The molecule has 1 amide bonds. The molecule has 0 fully saturated rings. The Kier molecular flexibility index (Phi) is 5.21. The molecule has 0 saturated carbocycles. The topological polar surface area (TPSA) is 103 Å². The number of aromatic nitrogens is 4. The minimum atomic E-state index is -0.231. The number of rotatable bonds is 7. The van der Waals surface area contributed by atoms with Crippen LogP contribution in [-0.2, 0) is 22.7 Å². The zero-order valence-electron chi connectivity index (χ0n) is 12.8. The van der Waals surface area contributed by atoms with E-state index in [1.54, 1.807) is 30.9 Å². The summed E-state index contributed by atoms with van der Waals surface area (Å²) in [5.74, 6) is 0.502. The molecule has 0 spiro atoms. The lowest BCUT2D eigenvalue weighted by Gasteiger charge is -2.04. The summed E-state index contributed by atoms with van der Waals surface area (Å²) in [6.07, 6.45) is 6.68. The van der Waals surface area contributed by atoms with E-state index in [1.165, 1.54) is 0 Å². The maximum absolute atomic E-state index is 11.7. The van der Waals surface area contributed by atoms with Crippen molar-refractivity contribution >= 4 is 5.91 Å². The van der Waals surface area contributed by atoms with E-state index in [4.69, 9.17) is 9.26 Å². The quantitative estimate of drug-likeness (QED) is 0.699. The fourth-order valence-electron chi connectivity index (χ4n) is 1.91. The first kappa shape index (κ1) is 15.8. The Morgan fingerprint density at radius 3 is 2.75 bits per heavy atom. The second-order valence-corrected chi connectivity index (χ2v) is 4.88. The first-order valence-electron chi connectivity index (χ1n) is 7.27. The first-order valence-corrected chi connectivity index (χ1v) is 7.27. The molecule has 0 bridgehead atoms. The SMILES string of the molecule is O=C(COCc1nc(-c2cccnc2)no1)NCc1cccnc1. The molecule has 0 aliphatic rings. The van der Waals surface area contributed by atoms with Gasteiger partial charge in [-0.05, 0) is 23.8 Å². The minimum absolute atomic E-state index is 0.0631. The minimum Gasteiger partial charge on any atom is -0.362 e. The Morgan fingerprint density at radius 2 is 2.00 bits per heavy atom. The van der Waals surface area contributed by atoms with E-state index in [9.17, 15) is 4.79 Å². The van der Waals surface area contributed by atoms with Gasteiger partial charge in [0.15, 0.2) is 0 Å². The summed E-state index contributed by atoms with van der Waals surface area (Å²) < 4.78 is 10.4. The van der Waals surface area contributed by atoms with E-state index in [0.29, 0.717) is 18.3 Å². The van der Waals surface area contributed by atoms with Crippen molar-refractivity contribution in [2.45, 2.75) is 13.2 Å². The smallest absolute Gasteiger partial charge is 0.252 e. The third kappa shape index (κ3) is 4.43. The predicted octanol–water partition coefficient (Wildman–Crippen LogP) is 1.36. The van der Waals surface area contributed by atoms with Crippen LogP contribution in [0.2, 0.25) is 0 Å². The molecule has 3 aromatic rings. The van der Waals surface area contributed by atoms with Gasteiger partial charge in [0, 0.05) is 36.9 Å². The largest absolute Gasteiger partial charge is 0.362 e. The Morgan fingerprint density at radius 1 is 1.17 bits per heavy atom. The maximum Gasteiger partial charge on any atom is 0.252 e. The zero-order valence-corrected chi connectivity index (χ0v) is 12.8. The predicted molar refractivity (Wildman–Crippen MR) is 83.3 cm³/mol. The number of hydrogen-bond acceptors (Lipinski definition) is 7. The van der Waals surface area contributed by atoms with Crippen LogP contribution in [0.1, 0.15) is 11.5 Å². The van der Waals surface area contributed by atoms with E-state index in [1.807, 2.05) is 18.2 Å². The molecule has 0 atom stereocenters.